The van der Waals surface area contributed by atoms with Crippen LogP contribution in [0.2, 0.25) is 0 Å². The van der Waals surface area contributed by atoms with E-state index in [-0.39, 0.29) is 5.41 Å². The van der Waals surface area contributed by atoms with Gasteiger partial charge in [0.2, 0.25) is 0 Å². The van der Waals surface area contributed by atoms with Crippen molar-refractivity contribution in [2.24, 2.45) is 5.73 Å². The first-order valence-electron chi connectivity index (χ1n) is 5.26. The fourth-order valence-electron chi connectivity index (χ4n) is 1.58. The van der Waals surface area contributed by atoms with Crippen LogP contribution in [0.4, 0.5) is 0 Å². The molecule has 0 aliphatic rings. The van der Waals surface area contributed by atoms with E-state index in [0.717, 1.165) is 10.7 Å². The third-order valence-electron chi connectivity index (χ3n) is 2.33. The molecular weight excluding hydrogens is 236 g/mol. The van der Waals surface area contributed by atoms with Crippen molar-refractivity contribution in [2.45, 2.75) is 32.7 Å². The summed E-state index contributed by atoms with van der Waals surface area (Å²) < 4.78 is 0. The van der Waals surface area contributed by atoms with Gasteiger partial charge in [-0.3, -0.25) is 0 Å². The molecule has 16 heavy (non-hydrogen) atoms. The highest BCUT2D eigenvalue weighted by molar-refractivity contribution is 7.21. The molecule has 0 unspecified atom stereocenters. The molecule has 2 nitrogen and oxygen atoms in total. The standard InChI is InChI=1S/C12H16N2S2/c1-12(2,3)10-9(7-13)16-11(14-10)8-5-4-6-15-8/h4-6H,7,13H2,1-3H3. The lowest BCUT2D eigenvalue weighted by molar-refractivity contribution is 0.567. The summed E-state index contributed by atoms with van der Waals surface area (Å²) in [4.78, 5) is 7.18. The Hall–Kier alpha value is -0.710. The highest BCUT2D eigenvalue weighted by atomic mass is 32.1. The largest absolute Gasteiger partial charge is 0.326 e. The molecule has 2 aromatic rings. The smallest absolute Gasteiger partial charge is 0.133 e. The molecule has 0 aliphatic heterocycles. The molecule has 0 spiro atoms. The fourth-order valence-corrected chi connectivity index (χ4v) is 3.53. The zero-order chi connectivity index (χ0) is 11.8. The molecule has 2 N–H and O–H groups in total. The van der Waals surface area contributed by atoms with Crippen LogP contribution >= 0.6 is 22.7 Å². The fraction of sp³-hybridized carbons (Fsp3) is 0.417. The van der Waals surface area contributed by atoms with Crippen molar-refractivity contribution in [3.05, 3.63) is 28.1 Å². The van der Waals surface area contributed by atoms with Gasteiger partial charge in [-0.1, -0.05) is 26.8 Å². The summed E-state index contributed by atoms with van der Waals surface area (Å²) in [6.07, 6.45) is 0. The van der Waals surface area contributed by atoms with Crippen LogP contribution in [0.1, 0.15) is 31.3 Å². The van der Waals surface area contributed by atoms with Crippen LogP contribution in [0.15, 0.2) is 17.5 Å². The lowest BCUT2D eigenvalue weighted by atomic mass is 9.91. The van der Waals surface area contributed by atoms with Gasteiger partial charge >= 0.3 is 0 Å². The second kappa shape index (κ2) is 4.28. The van der Waals surface area contributed by atoms with Crippen LogP contribution in [0.5, 0.6) is 0 Å². The van der Waals surface area contributed by atoms with E-state index in [9.17, 15) is 0 Å². The molecule has 86 valence electrons. The van der Waals surface area contributed by atoms with E-state index >= 15 is 0 Å². The van der Waals surface area contributed by atoms with Crippen LogP contribution in [0.3, 0.4) is 0 Å². The third kappa shape index (κ3) is 2.19. The third-order valence-corrected chi connectivity index (χ3v) is 4.44. The SMILES string of the molecule is CC(C)(C)c1nc(-c2cccs2)sc1CN. The summed E-state index contributed by atoms with van der Waals surface area (Å²) in [5.41, 5.74) is 7.00. The van der Waals surface area contributed by atoms with Gasteiger partial charge in [-0.15, -0.1) is 22.7 Å². The van der Waals surface area contributed by atoms with Crippen molar-refractivity contribution in [1.29, 1.82) is 0 Å². The predicted octanol–water partition coefficient (Wildman–Crippen LogP) is 3.63. The van der Waals surface area contributed by atoms with Crippen molar-refractivity contribution >= 4 is 22.7 Å². The van der Waals surface area contributed by atoms with Gasteiger partial charge in [0.25, 0.3) is 0 Å². The van der Waals surface area contributed by atoms with Gasteiger partial charge in [-0.05, 0) is 11.4 Å². The lowest BCUT2D eigenvalue weighted by Crippen LogP contribution is -2.15. The monoisotopic (exact) mass is 252 g/mol. The van der Waals surface area contributed by atoms with Crippen LogP contribution < -0.4 is 5.73 Å². The van der Waals surface area contributed by atoms with E-state index in [1.54, 1.807) is 22.7 Å². The number of hydrogen-bond acceptors (Lipinski definition) is 4. The Balaban J connectivity index is 2.48. The molecule has 0 aliphatic carbocycles. The zero-order valence-corrected chi connectivity index (χ0v) is 11.4. The maximum Gasteiger partial charge on any atom is 0.133 e. The topological polar surface area (TPSA) is 38.9 Å². The van der Waals surface area contributed by atoms with E-state index in [2.05, 4.69) is 38.3 Å². The quantitative estimate of drug-likeness (QED) is 0.886. The Morgan fingerprint density at radius 1 is 1.38 bits per heavy atom. The van der Waals surface area contributed by atoms with Gasteiger partial charge in [0, 0.05) is 16.8 Å². The van der Waals surface area contributed by atoms with Crippen molar-refractivity contribution in [2.75, 3.05) is 0 Å². The molecule has 0 radical (unpaired) electrons. The summed E-state index contributed by atoms with van der Waals surface area (Å²) in [5, 5.41) is 3.18. The van der Waals surface area contributed by atoms with E-state index in [1.165, 1.54) is 9.75 Å². The first-order valence-corrected chi connectivity index (χ1v) is 6.96. The van der Waals surface area contributed by atoms with Crippen molar-refractivity contribution in [3.8, 4) is 9.88 Å². The Morgan fingerprint density at radius 3 is 2.56 bits per heavy atom. The minimum Gasteiger partial charge on any atom is -0.326 e. The van der Waals surface area contributed by atoms with Crippen molar-refractivity contribution in [3.63, 3.8) is 0 Å². The highest BCUT2D eigenvalue weighted by Crippen LogP contribution is 2.35. The van der Waals surface area contributed by atoms with Gasteiger partial charge in [0.15, 0.2) is 0 Å². The van der Waals surface area contributed by atoms with E-state index in [4.69, 9.17) is 10.7 Å². The first kappa shape index (κ1) is 11.8. The van der Waals surface area contributed by atoms with Crippen LogP contribution in [0, 0.1) is 0 Å². The van der Waals surface area contributed by atoms with E-state index in [0.29, 0.717) is 6.54 Å². The molecule has 0 fully saturated rings. The molecule has 0 amide bonds. The van der Waals surface area contributed by atoms with E-state index < -0.39 is 0 Å². The highest BCUT2D eigenvalue weighted by Gasteiger charge is 2.23. The zero-order valence-electron chi connectivity index (χ0n) is 9.78. The summed E-state index contributed by atoms with van der Waals surface area (Å²) in [7, 11) is 0. The molecule has 0 aromatic carbocycles. The minimum atomic E-state index is 0.0702. The molecular formula is C12H16N2S2. The molecule has 2 heterocycles. The van der Waals surface area contributed by atoms with E-state index in [1.807, 2.05) is 0 Å². The predicted molar refractivity (Wildman–Crippen MR) is 72.0 cm³/mol. The molecule has 0 saturated heterocycles. The second-order valence-corrected chi connectivity index (χ2v) is 6.75. The van der Waals surface area contributed by atoms with Gasteiger partial charge in [-0.2, -0.15) is 0 Å². The number of rotatable bonds is 2. The second-order valence-electron chi connectivity index (χ2n) is 4.72. The summed E-state index contributed by atoms with van der Waals surface area (Å²) in [5.74, 6) is 0. The summed E-state index contributed by atoms with van der Waals surface area (Å²) in [6.45, 7) is 7.12. The lowest BCUT2D eigenvalue weighted by Gasteiger charge is -2.16. The summed E-state index contributed by atoms with van der Waals surface area (Å²) in [6, 6.07) is 4.16. The van der Waals surface area contributed by atoms with Crippen molar-refractivity contribution in [1.82, 2.24) is 4.98 Å². The van der Waals surface area contributed by atoms with Crippen molar-refractivity contribution < 1.29 is 0 Å². The number of thiazole rings is 1. The number of nitrogens with two attached hydrogens (primary N) is 1. The molecule has 0 atom stereocenters. The van der Waals surface area contributed by atoms with Gasteiger partial charge in [-0.25, -0.2) is 4.98 Å². The molecule has 2 rings (SSSR count). The Labute approximate surface area is 104 Å². The van der Waals surface area contributed by atoms with Gasteiger partial charge < -0.3 is 5.73 Å². The Kier molecular flexibility index (Phi) is 3.15. The molecule has 0 bridgehead atoms. The van der Waals surface area contributed by atoms with Crippen LogP contribution in [-0.4, -0.2) is 4.98 Å². The number of aromatic nitrogens is 1. The normalized spacial score (nSPS) is 12.0. The molecule has 4 heteroatoms. The van der Waals surface area contributed by atoms with Gasteiger partial charge in [0.1, 0.15) is 5.01 Å². The number of nitrogens with zero attached hydrogens (tertiary/aromatic N) is 1. The Morgan fingerprint density at radius 2 is 2.12 bits per heavy atom. The average Bonchev–Trinajstić information content (AvgIpc) is 2.85. The van der Waals surface area contributed by atoms with Crippen LogP contribution in [0.25, 0.3) is 9.88 Å². The molecule has 0 saturated carbocycles. The van der Waals surface area contributed by atoms with Gasteiger partial charge in [0.05, 0.1) is 10.6 Å². The number of hydrogen-bond donors (Lipinski definition) is 1. The minimum absolute atomic E-state index is 0.0702. The summed E-state index contributed by atoms with van der Waals surface area (Å²) >= 11 is 3.44. The first-order chi connectivity index (χ1) is 7.52. The van der Waals surface area contributed by atoms with Crippen LogP contribution in [-0.2, 0) is 12.0 Å². The average molecular weight is 252 g/mol. The molecule has 2 aromatic heterocycles. The maximum atomic E-state index is 5.79. The number of thiophene rings is 1. The maximum absolute atomic E-state index is 5.79. The Bertz CT molecular complexity index is 464.